The fourth-order valence-electron chi connectivity index (χ4n) is 2.29. The summed E-state index contributed by atoms with van der Waals surface area (Å²) in [6.07, 6.45) is 3.43. The molecule has 0 spiro atoms. The van der Waals surface area contributed by atoms with Gasteiger partial charge in [-0.25, -0.2) is 8.78 Å². The lowest BCUT2D eigenvalue weighted by Gasteiger charge is -2.29. The molecule has 0 bridgehead atoms. The van der Waals surface area contributed by atoms with Crippen molar-refractivity contribution in [1.82, 2.24) is 4.90 Å². The van der Waals surface area contributed by atoms with Crippen molar-refractivity contribution < 1.29 is 23.5 Å². The number of halogens is 2. The van der Waals surface area contributed by atoms with E-state index in [1.54, 1.807) is 0 Å². The molecular weight excluding hydrogens is 280 g/mol. The van der Waals surface area contributed by atoms with Gasteiger partial charge in [0, 0.05) is 25.2 Å². The fourth-order valence-corrected chi connectivity index (χ4v) is 2.29. The number of hydrogen-bond acceptors (Lipinski definition) is 2. The lowest BCUT2D eigenvalue weighted by atomic mass is 9.97. The number of carboxylic acid groups (broad SMARTS) is 1. The Hall–Kier alpha value is -2.24. The average molecular weight is 295 g/mol. The molecule has 1 heterocycles. The Morgan fingerprint density at radius 2 is 1.71 bits per heavy atom. The number of piperidine rings is 1. The van der Waals surface area contributed by atoms with Crippen molar-refractivity contribution in [3.05, 3.63) is 41.5 Å². The summed E-state index contributed by atoms with van der Waals surface area (Å²) >= 11 is 0. The number of amides is 1. The standard InChI is InChI=1S/C15H15F2NO3/c16-12-7-10(8-13(17)9-12)1-2-14(19)18-5-3-11(4-6-18)15(20)21/h1-2,7-9,11H,3-6H2,(H,20,21). The lowest BCUT2D eigenvalue weighted by molar-refractivity contribution is -0.144. The van der Waals surface area contributed by atoms with Crippen molar-refractivity contribution in [2.24, 2.45) is 5.92 Å². The summed E-state index contributed by atoms with van der Waals surface area (Å²) in [5.74, 6) is -2.94. The molecule has 2 rings (SSSR count). The van der Waals surface area contributed by atoms with Crippen LogP contribution in [0.15, 0.2) is 24.3 Å². The lowest BCUT2D eigenvalue weighted by Crippen LogP contribution is -2.39. The monoisotopic (exact) mass is 295 g/mol. The normalized spacial score (nSPS) is 16.4. The zero-order valence-corrected chi connectivity index (χ0v) is 11.3. The predicted octanol–water partition coefficient (Wildman–Crippen LogP) is 2.30. The van der Waals surface area contributed by atoms with Crippen LogP contribution in [0.2, 0.25) is 0 Å². The van der Waals surface area contributed by atoms with Gasteiger partial charge in [-0.2, -0.15) is 0 Å². The number of rotatable bonds is 3. The van der Waals surface area contributed by atoms with Crippen LogP contribution < -0.4 is 0 Å². The molecule has 1 amide bonds. The molecule has 21 heavy (non-hydrogen) atoms. The van der Waals surface area contributed by atoms with Gasteiger partial charge in [-0.3, -0.25) is 9.59 Å². The molecule has 0 aromatic heterocycles. The molecular formula is C15H15F2NO3. The summed E-state index contributed by atoms with van der Waals surface area (Å²) in [5.41, 5.74) is 0.265. The maximum absolute atomic E-state index is 13.0. The van der Waals surface area contributed by atoms with E-state index in [-0.39, 0.29) is 11.5 Å². The summed E-state index contributed by atoms with van der Waals surface area (Å²) < 4.78 is 26.0. The maximum atomic E-state index is 13.0. The van der Waals surface area contributed by atoms with Crippen LogP contribution in [0, 0.1) is 17.6 Å². The second-order valence-electron chi connectivity index (χ2n) is 4.97. The molecule has 0 radical (unpaired) electrons. The Bertz CT molecular complexity index is 558. The van der Waals surface area contributed by atoms with E-state index in [1.165, 1.54) is 17.1 Å². The van der Waals surface area contributed by atoms with Crippen LogP contribution in [-0.4, -0.2) is 35.0 Å². The molecule has 112 valence electrons. The maximum Gasteiger partial charge on any atom is 0.306 e. The fraction of sp³-hybridized carbons (Fsp3) is 0.333. The highest BCUT2D eigenvalue weighted by Gasteiger charge is 2.25. The Labute approximate surface area is 120 Å². The van der Waals surface area contributed by atoms with Crippen molar-refractivity contribution >= 4 is 18.0 Å². The quantitative estimate of drug-likeness (QED) is 0.871. The summed E-state index contributed by atoms with van der Waals surface area (Å²) in [5, 5.41) is 8.88. The first kappa shape index (κ1) is 15.2. The van der Waals surface area contributed by atoms with Crippen LogP contribution >= 0.6 is 0 Å². The van der Waals surface area contributed by atoms with Gasteiger partial charge in [0.25, 0.3) is 0 Å². The van der Waals surface area contributed by atoms with Crippen molar-refractivity contribution in [2.45, 2.75) is 12.8 Å². The number of carboxylic acids is 1. The van der Waals surface area contributed by atoms with E-state index < -0.39 is 23.5 Å². The van der Waals surface area contributed by atoms with E-state index in [1.807, 2.05) is 0 Å². The Morgan fingerprint density at radius 1 is 1.14 bits per heavy atom. The Balaban J connectivity index is 1.95. The van der Waals surface area contributed by atoms with Crippen LogP contribution in [0.3, 0.4) is 0 Å². The molecule has 0 saturated carbocycles. The highest BCUT2D eigenvalue weighted by molar-refractivity contribution is 5.92. The largest absolute Gasteiger partial charge is 0.481 e. The van der Waals surface area contributed by atoms with Crippen molar-refractivity contribution in [3.8, 4) is 0 Å². The van der Waals surface area contributed by atoms with Gasteiger partial charge in [0.2, 0.25) is 5.91 Å². The molecule has 0 atom stereocenters. The molecule has 4 nitrogen and oxygen atoms in total. The molecule has 1 fully saturated rings. The SMILES string of the molecule is O=C(O)C1CCN(C(=O)C=Cc2cc(F)cc(F)c2)CC1. The third-order valence-corrected chi connectivity index (χ3v) is 3.46. The first-order chi connectivity index (χ1) is 9.95. The smallest absolute Gasteiger partial charge is 0.306 e. The van der Waals surface area contributed by atoms with Crippen LogP contribution in [0.4, 0.5) is 8.78 Å². The zero-order chi connectivity index (χ0) is 15.4. The Morgan fingerprint density at radius 3 is 2.24 bits per heavy atom. The highest BCUT2D eigenvalue weighted by Crippen LogP contribution is 2.18. The number of aliphatic carboxylic acids is 1. The molecule has 1 saturated heterocycles. The van der Waals surface area contributed by atoms with Crippen LogP contribution in [0.5, 0.6) is 0 Å². The van der Waals surface area contributed by atoms with E-state index in [4.69, 9.17) is 5.11 Å². The topological polar surface area (TPSA) is 57.6 Å². The number of benzene rings is 1. The summed E-state index contributed by atoms with van der Waals surface area (Å²) in [6, 6.07) is 3.02. The van der Waals surface area contributed by atoms with E-state index in [0.29, 0.717) is 25.9 Å². The summed E-state index contributed by atoms with van der Waals surface area (Å²) in [6.45, 7) is 0.745. The van der Waals surface area contributed by atoms with Gasteiger partial charge >= 0.3 is 5.97 Å². The van der Waals surface area contributed by atoms with Gasteiger partial charge in [-0.05, 0) is 36.6 Å². The third-order valence-electron chi connectivity index (χ3n) is 3.46. The minimum absolute atomic E-state index is 0.265. The average Bonchev–Trinajstić information content (AvgIpc) is 2.44. The van der Waals surface area contributed by atoms with E-state index in [0.717, 1.165) is 18.2 Å². The third kappa shape index (κ3) is 4.11. The first-order valence-electron chi connectivity index (χ1n) is 6.61. The Kier molecular flexibility index (Phi) is 4.67. The second kappa shape index (κ2) is 6.47. The van der Waals surface area contributed by atoms with Crippen molar-refractivity contribution in [3.63, 3.8) is 0 Å². The highest BCUT2D eigenvalue weighted by atomic mass is 19.1. The second-order valence-corrected chi connectivity index (χ2v) is 4.97. The van der Waals surface area contributed by atoms with Crippen LogP contribution in [-0.2, 0) is 9.59 Å². The molecule has 0 aliphatic carbocycles. The van der Waals surface area contributed by atoms with Crippen LogP contribution in [0.25, 0.3) is 6.08 Å². The molecule has 1 aliphatic heterocycles. The molecule has 1 aliphatic rings. The number of carbonyl (C=O) groups excluding carboxylic acids is 1. The molecule has 1 N–H and O–H groups in total. The van der Waals surface area contributed by atoms with Gasteiger partial charge < -0.3 is 10.0 Å². The first-order valence-corrected chi connectivity index (χ1v) is 6.61. The van der Waals surface area contributed by atoms with Gasteiger partial charge in [-0.1, -0.05) is 0 Å². The van der Waals surface area contributed by atoms with Gasteiger partial charge in [-0.15, -0.1) is 0 Å². The molecule has 0 unspecified atom stereocenters. The van der Waals surface area contributed by atoms with Gasteiger partial charge in [0.05, 0.1) is 5.92 Å². The minimum atomic E-state index is -0.840. The molecule has 6 heteroatoms. The molecule has 1 aromatic rings. The van der Waals surface area contributed by atoms with Gasteiger partial charge in [0.1, 0.15) is 11.6 Å². The van der Waals surface area contributed by atoms with E-state index >= 15 is 0 Å². The summed E-state index contributed by atoms with van der Waals surface area (Å²) in [4.78, 5) is 24.3. The minimum Gasteiger partial charge on any atom is -0.481 e. The van der Waals surface area contributed by atoms with Crippen molar-refractivity contribution in [1.29, 1.82) is 0 Å². The molecule has 1 aromatic carbocycles. The number of likely N-dealkylation sites (tertiary alicyclic amines) is 1. The van der Waals surface area contributed by atoms with Gasteiger partial charge in [0.15, 0.2) is 0 Å². The van der Waals surface area contributed by atoms with Crippen molar-refractivity contribution in [2.75, 3.05) is 13.1 Å². The zero-order valence-electron chi connectivity index (χ0n) is 11.3. The number of nitrogens with zero attached hydrogens (tertiary/aromatic N) is 1. The van der Waals surface area contributed by atoms with Crippen LogP contribution in [0.1, 0.15) is 18.4 Å². The summed E-state index contributed by atoms with van der Waals surface area (Å²) in [7, 11) is 0. The predicted molar refractivity (Wildman–Crippen MR) is 72.3 cm³/mol. The van der Waals surface area contributed by atoms with E-state index in [9.17, 15) is 18.4 Å². The number of carbonyl (C=O) groups is 2. The van der Waals surface area contributed by atoms with E-state index in [2.05, 4.69) is 0 Å². The number of hydrogen-bond donors (Lipinski definition) is 1.